The van der Waals surface area contributed by atoms with Gasteiger partial charge in [-0.1, -0.05) is 12.1 Å². The minimum Gasteiger partial charge on any atom is -0.364 e. The molecule has 0 atom stereocenters. The summed E-state index contributed by atoms with van der Waals surface area (Å²) in [6, 6.07) is 8.57. The van der Waals surface area contributed by atoms with Gasteiger partial charge in [0.05, 0.1) is 12.2 Å². The van der Waals surface area contributed by atoms with Crippen LogP contribution in [0, 0.1) is 12.9 Å². The van der Waals surface area contributed by atoms with Crippen LogP contribution in [0.2, 0.25) is 0 Å². The van der Waals surface area contributed by atoms with Gasteiger partial charge in [0, 0.05) is 6.20 Å². The maximum atomic E-state index is 12.8. The Labute approximate surface area is 93.4 Å². The number of anilines is 1. The van der Waals surface area contributed by atoms with Crippen LogP contribution in [0.3, 0.4) is 0 Å². The number of hydrogen-bond acceptors (Lipinski definition) is 3. The van der Waals surface area contributed by atoms with Crippen molar-refractivity contribution in [3.05, 3.63) is 53.7 Å². The molecule has 2 aromatic heterocycles. The van der Waals surface area contributed by atoms with E-state index in [1.165, 1.54) is 6.07 Å². The minimum atomic E-state index is -0.484. The van der Waals surface area contributed by atoms with E-state index in [4.69, 9.17) is 0 Å². The lowest BCUT2D eigenvalue weighted by Crippen LogP contribution is -2.03. The summed E-state index contributed by atoms with van der Waals surface area (Å²) in [6.07, 6.45) is 1.80. The van der Waals surface area contributed by atoms with Crippen LogP contribution >= 0.6 is 0 Å². The largest absolute Gasteiger partial charge is 0.364 e. The number of aryl methyl sites for hydroxylation is 1. The first kappa shape index (κ1) is 10.5. The zero-order chi connectivity index (χ0) is 11.4. The van der Waals surface area contributed by atoms with Crippen molar-refractivity contribution < 1.29 is 4.39 Å². The molecule has 0 radical (unpaired) electrons. The van der Waals surface area contributed by atoms with Gasteiger partial charge in [-0.3, -0.25) is 4.98 Å². The van der Waals surface area contributed by atoms with Crippen molar-refractivity contribution >= 4 is 5.82 Å². The van der Waals surface area contributed by atoms with Crippen molar-refractivity contribution in [1.29, 1.82) is 0 Å². The molecule has 2 aromatic rings. The van der Waals surface area contributed by atoms with E-state index in [0.29, 0.717) is 12.4 Å². The van der Waals surface area contributed by atoms with E-state index in [1.807, 2.05) is 19.1 Å². The highest BCUT2D eigenvalue weighted by molar-refractivity contribution is 5.34. The quantitative estimate of drug-likeness (QED) is 0.803. The molecule has 0 aliphatic carbocycles. The van der Waals surface area contributed by atoms with E-state index in [0.717, 1.165) is 11.3 Å². The predicted octanol–water partition coefficient (Wildman–Crippen LogP) is 2.54. The monoisotopic (exact) mass is 217 g/mol. The molecule has 0 bridgehead atoms. The van der Waals surface area contributed by atoms with E-state index in [1.54, 1.807) is 18.3 Å². The normalized spacial score (nSPS) is 10.1. The highest BCUT2D eigenvalue weighted by Crippen LogP contribution is 2.06. The first-order valence-electron chi connectivity index (χ1n) is 5.02. The molecule has 0 saturated carbocycles. The molecule has 0 unspecified atom stereocenters. The molecule has 0 aromatic carbocycles. The number of pyridine rings is 2. The Morgan fingerprint density at radius 3 is 2.81 bits per heavy atom. The molecule has 0 spiro atoms. The van der Waals surface area contributed by atoms with Crippen LogP contribution in [-0.2, 0) is 6.54 Å². The topological polar surface area (TPSA) is 37.8 Å². The highest BCUT2D eigenvalue weighted by Gasteiger charge is 1.97. The van der Waals surface area contributed by atoms with E-state index in [2.05, 4.69) is 15.3 Å². The Balaban J connectivity index is 1.99. The molecular weight excluding hydrogens is 205 g/mol. The molecule has 16 heavy (non-hydrogen) atoms. The highest BCUT2D eigenvalue weighted by atomic mass is 19.1. The summed E-state index contributed by atoms with van der Waals surface area (Å²) in [6.45, 7) is 2.52. The van der Waals surface area contributed by atoms with Gasteiger partial charge in [0.1, 0.15) is 5.82 Å². The Hall–Kier alpha value is -1.97. The molecule has 0 amide bonds. The third kappa shape index (κ3) is 2.76. The molecule has 4 heteroatoms. The Morgan fingerprint density at radius 2 is 2.12 bits per heavy atom. The van der Waals surface area contributed by atoms with Crippen molar-refractivity contribution in [2.24, 2.45) is 0 Å². The van der Waals surface area contributed by atoms with Crippen molar-refractivity contribution in [1.82, 2.24) is 9.97 Å². The summed E-state index contributed by atoms with van der Waals surface area (Å²) < 4.78 is 12.8. The van der Waals surface area contributed by atoms with E-state index in [-0.39, 0.29) is 0 Å². The second kappa shape index (κ2) is 4.70. The summed E-state index contributed by atoms with van der Waals surface area (Å²) in [5.41, 5.74) is 2.02. The van der Waals surface area contributed by atoms with Crippen LogP contribution in [-0.4, -0.2) is 9.97 Å². The molecule has 0 saturated heterocycles. The summed E-state index contributed by atoms with van der Waals surface area (Å²) in [5.74, 6) is 0.0317. The van der Waals surface area contributed by atoms with Crippen LogP contribution in [0.15, 0.2) is 36.5 Å². The van der Waals surface area contributed by atoms with Gasteiger partial charge in [-0.15, -0.1) is 0 Å². The fourth-order valence-electron chi connectivity index (χ4n) is 1.29. The van der Waals surface area contributed by atoms with Crippen molar-refractivity contribution in [2.75, 3.05) is 5.32 Å². The SMILES string of the molecule is Cc1ccc(CNc2cccc(F)n2)nc1. The van der Waals surface area contributed by atoms with Crippen LogP contribution in [0.5, 0.6) is 0 Å². The number of nitrogens with zero attached hydrogens (tertiary/aromatic N) is 2. The van der Waals surface area contributed by atoms with Gasteiger partial charge in [-0.2, -0.15) is 4.39 Å². The summed E-state index contributed by atoms with van der Waals surface area (Å²) in [5, 5.41) is 3.01. The van der Waals surface area contributed by atoms with Crippen molar-refractivity contribution in [2.45, 2.75) is 13.5 Å². The molecule has 2 heterocycles. The van der Waals surface area contributed by atoms with Crippen molar-refractivity contribution in [3.63, 3.8) is 0 Å². The second-order valence-electron chi connectivity index (χ2n) is 3.53. The van der Waals surface area contributed by atoms with E-state index >= 15 is 0 Å². The van der Waals surface area contributed by atoms with Gasteiger partial charge in [0.2, 0.25) is 5.95 Å². The zero-order valence-corrected chi connectivity index (χ0v) is 8.94. The first-order chi connectivity index (χ1) is 7.74. The van der Waals surface area contributed by atoms with Gasteiger partial charge in [-0.25, -0.2) is 4.98 Å². The average molecular weight is 217 g/mol. The molecule has 0 aliphatic rings. The minimum absolute atomic E-state index is 0.484. The van der Waals surface area contributed by atoms with E-state index in [9.17, 15) is 4.39 Å². The van der Waals surface area contributed by atoms with Crippen LogP contribution < -0.4 is 5.32 Å². The summed E-state index contributed by atoms with van der Waals surface area (Å²) in [4.78, 5) is 7.93. The lowest BCUT2D eigenvalue weighted by atomic mass is 10.3. The molecular formula is C12H12FN3. The Kier molecular flexibility index (Phi) is 3.10. The van der Waals surface area contributed by atoms with Gasteiger partial charge < -0.3 is 5.32 Å². The van der Waals surface area contributed by atoms with Crippen LogP contribution in [0.4, 0.5) is 10.2 Å². The van der Waals surface area contributed by atoms with E-state index < -0.39 is 5.95 Å². The smallest absolute Gasteiger partial charge is 0.214 e. The number of hydrogen-bond donors (Lipinski definition) is 1. The molecule has 82 valence electrons. The summed E-state index contributed by atoms with van der Waals surface area (Å²) >= 11 is 0. The first-order valence-corrected chi connectivity index (χ1v) is 5.02. The maximum Gasteiger partial charge on any atom is 0.214 e. The Bertz CT molecular complexity index is 468. The number of aromatic nitrogens is 2. The number of nitrogens with one attached hydrogen (secondary N) is 1. The second-order valence-corrected chi connectivity index (χ2v) is 3.53. The van der Waals surface area contributed by atoms with Crippen LogP contribution in [0.1, 0.15) is 11.3 Å². The number of rotatable bonds is 3. The molecule has 2 rings (SSSR count). The van der Waals surface area contributed by atoms with Crippen LogP contribution in [0.25, 0.3) is 0 Å². The molecule has 1 N–H and O–H groups in total. The maximum absolute atomic E-state index is 12.8. The lowest BCUT2D eigenvalue weighted by molar-refractivity contribution is 0.585. The van der Waals surface area contributed by atoms with Gasteiger partial charge in [0.25, 0.3) is 0 Å². The van der Waals surface area contributed by atoms with Gasteiger partial charge >= 0.3 is 0 Å². The lowest BCUT2D eigenvalue weighted by Gasteiger charge is -2.04. The molecule has 0 fully saturated rings. The molecule has 3 nitrogen and oxygen atoms in total. The fourth-order valence-corrected chi connectivity index (χ4v) is 1.29. The third-order valence-corrected chi connectivity index (χ3v) is 2.14. The standard InChI is InChI=1S/C12H12FN3/c1-9-5-6-10(14-7-9)8-15-12-4-2-3-11(13)16-12/h2-7H,8H2,1H3,(H,15,16). The van der Waals surface area contributed by atoms with Crippen molar-refractivity contribution in [3.8, 4) is 0 Å². The third-order valence-electron chi connectivity index (χ3n) is 2.14. The fraction of sp³-hybridized carbons (Fsp3) is 0.167. The zero-order valence-electron chi connectivity index (χ0n) is 8.94. The average Bonchev–Trinajstić information content (AvgIpc) is 2.28. The predicted molar refractivity (Wildman–Crippen MR) is 60.5 cm³/mol. The van der Waals surface area contributed by atoms with Gasteiger partial charge in [-0.05, 0) is 30.7 Å². The Morgan fingerprint density at radius 1 is 1.25 bits per heavy atom. The number of halogens is 1. The summed E-state index contributed by atoms with van der Waals surface area (Å²) in [7, 11) is 0. The molecule has 0 aliphatic heterocycles. The van der Waals surface area contributed by atoms with Gasteiger partial charge in [0.15, 0.2) is 0 Å².